The van der Waals surface area contributed by atoms with Crippen molar-refractivity contribution in [3.8, 4) is 0 Å². The second-order valence-corrected chi connectivity index (χ2v) is 5.92. The molecule has 0 unspecified atom stereocenters. The Bertz CT molecular complexity index is 918. The molecule has 3 amide bonds. The zero-order valence-corrected chi connectivity index (χ0v) is 14.2. The summed E-state index contributed by atoms with van der Waals surface area (Å²) in [7, 11) is 1.40. The van der Waals surface area contributed by atoms with Crippen LogP contribution in [0.25, 0.3) is 0 Å². The number of nitrogens with zero attached hydrogens (tertiary/aromatic N) is 1. The number of aryl methyl sites for hydroxylation is 1. The SMILES string of the molecule is Cc1ccc(C(=O)OCC(=O)Nc2ccc3c(c2)C(=O)N(C)C3=O)cc1. The van der Waals surface area contributed by atoms with Crippen molar-refractivity contribution in [3.05, 3.63) is 64.7 Å². The summed E-state index contributed by atoms with van der Waals surface area (Å²) in [6.45, 7) is 1.44. The van der Waals surface area contributed by atoms with E-state index in [4.69, 9.17) is 4.74 Å². The van der Waals surface area contributed by atoms with Gasteiger partial charge in [-0.3, -0.25) is 19.3 Å². The number of amides is 3. The van der Waals surface area contributed by atoms with Crippen molar-refractivity contribution in [2.75, 3.05) is 19.0 Å². The van der Waals surface area contributed by atoms with Crippen molar-refractivity contribution in [1.82, 2.24) is 4.90 Å². The highest BCUT2D eigenvalue weighted by Crippen LogP contribution is 2.24. The van der Waals surface area contributed by atoms with Crippen LogP contribution in [0.5, 0.6) is 0 Å². The lowest BCUT2D eigenvalue weighted by molar-refractivity contribution is -0.119. The van der Waals surface area contributed by atoms with Crippen LogP contribution in [0.15, 0.2) is 42.5 Å². The van der Waals surface area contributed by atoms with Gasteiger partial charge in [0.2, 0.25) is 0 Å². The van der Waals surface area contributed by atoms with Gasteiger partial charge in [0.25, 0.3) is 17.7 Å². The summed E-state index contributed by atoms with van der Waals surface area (Å²) in [6.07, 6.45) is 0. The molecule has 0 spiro atoms. The predicted octanol–water partition coefficient (Wildman–Crippen LogP) is 2.02. The average Bonchev–Trinajstić information content (AvgIpc) is 2.84. The van der Waals surface area contributed by atoms with Gasteiger partial charge in [-0.05, 0) is 37.3 Å². The molecule has 7 nitrogen and oxygen atoms in total. The Hall–Kier alpha value is -3.48. The minimum absolute atomic E-state index is 0.229. The van der Waals surface area contributed by atoms with Gasteiger partial charge in [0.05, 0.1) is 16.7 Å². The Kier molecular flexibility index (Phi) is 4.53. The lowest BCUT2D eigenvalue weighted by atomic mass is 10.1. The van der Waals surface area contributed by atoms with Gasteiger partial charge in [0.15, 0.2) is 6.61 Å². The minimum atomic E-state index is -0.600. The first-order chi connectivity index (χ1) is 12.4. The van der Waals surface area contributed by atoms with E-state index in [1.165, 1.54) is 25.2 Å². The summed E-state index contributed by atoms with van der Waals surface area (Å²) in [5.74, 6) is -1.95. The first-order valence-electron chi connectivity index (χ1n) is 7.87. The number of hydrogen-bond acceptors (Lipinski definition) is 5. The van der Waals surface area contributed by atoms with Gasteiger partial charge < -0.3 is 10.1 Å². The molecule has 0 atom stereocenters. The quantitative estimate of drug-likeness (QED) is 0.671. The third-order valence-corrected chi connectivity index (χ3v) is 4.00. The van der Waals surface area contributed by atoms with Crippen LogP contribution in [-0.4, -0.2) is 42.2 Å². The van der Waals surface area contributed by atoms with Crippen molar-refractivity contribution in [1.29, 1.82) is 0 Å². The molecule has 0 saturated carbocycles. The lowest BCUT2D eigenvalue weighted by Crippen LogP contribution is -2.24. The van der Waals surface area contributed by atoms with E-state index in [0.717, 1.165) is 10.5 Å². The largest absolute Gasteiger partial charge is 0.452 e. The Labute approximate surface area is 149 Å². The summed E-state index contributed by atoms with van der Waals surface area (Å²) in [5, 5.41) is 2.54. The number of hydrogen-bond donors (Lipinski definition) is 1. The van der Waals surface area contributed by atoms with Crippen molar-refractivity contribution < 1.29 is 23.9 Å². The first kappa shape index (κ1) is 17.3. The fourth-order valence-electron chi connectivity index (χ4n) is 2.54. The van der Waals surface area contributed by atoms with E-state index in [-0.39, 0.29) is 11.5 Å². The van der Waals surface area contributed by atoms with Crippen LogP contribution in [0.1, 0.15) is 36.6 Å². The molecule has 0 radical (unpaired) electrons. The summed E-state index contributed by atoms with van der Waals surface area (Å²) in [4.78, 5) is 48.7. The molecule has 0 aromatic heterocycles. The van der Waals surface area contributed by atoms with E-state index in [9.17, 15) is 19.2 Å². The third kappa shape index (κ3) is 3.32. The molecule has 7 heteroatoms. The molecule has 3 rings (SSSR count). The summed E-state index contributed by atoms with van der Waals surface area (Å²) >= 11 is 0. The van der Waals surface area contributed by atoms with Crippen molar-refractivity contribution in [2.24, 2.45) is 0 Å². The number of benzene rings is 2. The van der Waals surface area contributed by atoms with E-state index in [1.807, 2.05) is 6.92 Å². The molecule has 0 bridgehead atoms. The molecule has 0 fully saturated rings. The lowest BCUT2D eigenvalue weighted by Gasteiger charge is -2.07. The molecule has 26 heavy (non-hydrogen) atoms. The Balaban J connectivity index is 1.61. The number of rotatable bonds is 4. The number of ether oxygens (including phenoxy) is 1. The first-order valence-corrected chi connectivity index (χ1v) is 7.87. The van der Waals surface area contributed by atoms with E-state index in [2.05, 4.69) is 5.32 Å². The molecule has 2 aromatic rings. The molecule has 1 heterocycles. The van der Waals surface area contributed by atoms with E-state index in [1.54, 1.807) is 24.3 Å². The second kappa shape index (κ2) is 6.79. The number of nitrogens with one attached hydrogen (secondary N) is 1. The van der Waals surface area contributed by atoms with Crippen LogP contribution in [0.2, 0.25) is 0 Å². The topological polar surface area (TPSA) is 92.8 Å². The van der Waals surface area contributed by atoms with Crippen LogP contribution < -0.4 is 5.32 Å². The van der Waals surface area contributed by atoms with E-state index < -0.39 is 24.4 Å². The van der Waals surface area contributed by atoms with Gasteiger partial charge in [-0.25, -0.2) is 4.79 Å². The highest BCUT2D eigenvalue weighted by Gasteiger charge is 2.32. The van der Waals surface area contributed by atoms with Crippen LogP contribution in [0.3, 0.4) is 0 Å². The van der Waals surface area contributed by atoms with Crippen LogP contribution in [0.4, 0.5) is 5.69 Å². The predicted molar refractivity (Wildman–Crippen MR) is 93.0 cm³/mol. The van der Waals surface area contributed by atoms with Gasteiger partial charge in [0, 0.05) is 12.7 Å². The van der Waals surface area contributed by atoms with Crippen molar-refractivity contribution >= 4 is 29.4 Å². The Morgan fingerprint density at radius 3 is 2.35 bits per heavy atom. The van der Waals surface area contributed by atoms with Gasteiger partial charge >= 0.3 is 5.97 Å². The molecule has 1 aliphatic rings. The smallest absolute Gasteiger partial charge is 0.338 e. The number of fused-ring (bicyclic) bond motifs is 1. The number of carbonyl (C=O) groups is 4. The van der Waals surface area contributed by atoms with Crippen LogP contribution in [-0.2, 0) is 9.53 Å². The maximum atomic E-state index is 12.0. The monoisotopic (exact) mass is 352 g/mol. The number of imide groups is 1. The van der Waals surface area contributed by atoms with Crippen LogP contribution in [0, 0.1) is 6.92 Å². The zero-order chi connectivity index (χ0) is 18.8. The van der Waals surface area contributed by atoms with Gasteiger partial charge in [0.1, 0.15) is 0 Å². The second-order valence-electron chi connectivity index (χ2n) is 5.92. The molecule has 1 aliphatic heterocycles. The molecule has 2 aromatic carbocycles. The van der Waals surface area contributed by atoms with Gasteiger partial charge in [-0.15, -0.1) is 0 Å². The average molecular weight is 352 g/mol. The number of carbonyl (C=O) groups excluding carboxylic acids is 4. The Morgan fingerprint density at radius 1 is 1.00 bits per heavy atom. The minimum Gasteiger partial charge on any atom is -0.452 e. The fraction of sp³-hybridized carbons (Fsp3) is 0.158. The van der Waals surface area contributed by atoms with Crippen molar-refractivity contribution in [3.63, 3.8) is 0 Å². The fourth-order valence-corrected chi connectivity index (χ4v) is 2.54. The third-order valence-electron chi connectivity index (χ3n) is 4.00. The molecule has 0 saturated heterocycles. The molecular weight excluding hydrogens is 336 g/mol. The normalized spacial score (nSPS) is 12.8. The van der Waals surface area contributed by atoms with E-state index in [0.29, 0.717) is 16.8 Å². The zero-order valence-electron chi connectivity index (χ0n) is 14.2. The van der Waals surface area contributed by atoms with Crippen LogP contribution >= 0.6 is 0 Å². The van der Waals surface area contributed by atoms with Crippen molar-refractivity contribution in [2.45, 2.75) is 6.92 Å². The maximum Gasteiger partial charge on any atom is 0.338 e. The van der Waals surface area contributed by atoms with E-state index >= 15 is 0 Å². The highest BCUT2D eigenvalue weighted by atomic mass is 16.5. The van der Waals surface area contributed by atoms with Gasteiger partial charge in [-0.2, -0.15) is 0 Å². The number of anilines is 1. The standard InChI is InChI=1S/C19H16N2O5/c1-11-3-5-12(6-4-11)19(25)26-10-16(22)20-13-7-8-14-15(9-13)18(24)21(2)17(14)23/h3-9H,10H2,1-2H3,(H,20,22). The Morgan fingerprint density at radius 2 is 1.65 bits per heavy atom. The molecule has 132 valence electrons. The summed E-state index contributed by atoms with van der Waals surface area (Å²) < 4.78 is 4.97. The molecule has 0 aliphatic carbocycles. The summed E-state index contributed by atoms with van der Waals surface area (Å²) in [6, 6.07) is 11.2. The highest BCUT2D eigenvalue weighted by molar-refractivity contribution is 6.21. The molecule has 1 N–H and O–H groups in total. The number of esters is 1. The summed E-state index contributed by atoms with van der Waals surface area (Å²) in [5.41, 5.74) is 2.23. The maximum absolute atomic E-state index is 12.0. The molecular formula is C19H16N2O5. The van der Waals surface area contributed by atoms with Gasteiger partial charge in [-0.1, -0.05) is 17.7 Å².